The minimum absolute atomic E-state index is 0. The monoisotopic (exact) mass is 806 g/mol. The first-order valence-electron chi connectivity index (χ1n) is 16.0. The minimum Gasteiger partial charge on any atom is -0.346 e. The van der Waals surface area contributed by atoms with Crippen LogP contribution < -0.4 is 4.90 Å². The predicted molar refractivity (Wildman–Crippen MR) is 192 cm³/mol. The van der Waals surface area contributed by atoms with Crippen LogP contribution >= 0.6 is 0 Å². The molecule has 0 aliphatic rings. The Morgan fingerprint density at radius 3 is 1.58 bits per heavy atom. The number of aryl methyl sites for hydroxylation is 3. The number of hydrogen-bond donors (Lipinski definition) is 0. The van der Waals surface area contributed by atoms with Crippen LogP contribution in [0.1, 0.15) is 42.0 Å². The van der Waals surface area contributed by atoms with Crippen LogP contribution in [0.5, 0.6) is 0 Å². The van der Waals surface area contributed by atoms with Gasteiger partial charge in [0, 0.05) is 17.1 Å². The number of rotatable bonds is 8. The third-order valence-electron chi connectivity index (χ3n) is 8.62. The van der Waals surface area contributed by atoms with Crippen LogP contribution in [-0.2, 0) is 21.1 Å². The molecule has 0 atom stereocenters. The summed E-state index contributed by atoms with van der Waals surface area (Å²) in [5, 5.41) is 0. The molecular weight excluding hydrogens is 770 g/mol. The largest absolute Gasteiger partial charge is 2.00 e. The molecule has 0 N–H and O–H groups in total. The number of imidazole rings is 2. The fraction of sp³-hybridized carbons (Fsp3) is 0.143. The molecule has 0 bridgehead atoms. The first-order chi connectivity index (χ1) is 22.9. The van der Waals surface area contributed by atoms with Crippen molar-refractivity contribution < 1.29 is 21.1 Å². The van der Waals surface area contributed by atoms with Gasteiger partial charge in [0.2, 0.25) is 0 Å². The van der Waals surface area contributed by atoms with Crippen molar-refractivity contribution in [3.05, 3.63) is 163 Å². The van der Waals surface area contributed by atoms with Gasteiger partial charge < -0.3 is 14.0 Å². The molecule has 0 unspecified atom stereocenters. The van der Waals surface area contributed by atoms with Crippen molar-refractivity contribution in [3.63, 3.8) is 0 Å². The molecule has 5 aromatic carbocycles. The molecule has 0 spiro atoms. The first-order valence-corrected chi connectivity index (χ1v) is 16.0. The number of benzene rings is 5. The summed E-state index contributed by atoms with van der Waals surface area (Å²) in [5.41, 5.74) is 13.7. The summed E-state index contributed by atoms with van der Waals surface area (Å²) in [7, 11) is 0. The van der Waals surface area contributed by atoms with Crippen LogP contribution in [0, 0.1) is 32.9 Å². The zero-order valence-electron chi connectivity index (χ0n) is 27.8. The Bertz CT molecular complexity index is 2160. The van der Waals surface area contributed by atoms with Crippen molar-refractivity contribution in [3.8, 4) is 33.9 Å². The molecule has 0 radical (unpaired) electrons. The van der Waals surface area contributed by atoms with Gasteiger partial charge in [0.1, 0.15) is 0 Å². The standard InChI is InChI=1S/C42H37N5.Pt/c1-29(2)38-22-10-15-32(5)42(38)46-26-40(44-28-46)34-17-12-21-37(24-34)47(35-18-7-6-8-19-35)36-20-11-16-33(23-36)39-25-45(27-43-39)41-30(3)13-9-14-31(41)4;/h6-22,25-29H,1-5H3;/q-2;+2. The van der Waals surface area contributed by atoms with Crippen molar-refractivity contribution in [2.24, 2.45) is 0 Å². The second-order valence-electron chi connectivity index (χ2n) is 12.3. The van der Waals surface area contributed by atoms with Crippen molar-refractivity contribution >= 4 is 17.1 Å². The summed E-state index contributed by atoms with van der Waals surface area (Å²) in [6, 6.07) is 43.0. The third-order valence-corrected chi connectivity index (χ3v) is 8.62. The second-order valence-corrected chi connectivity index (χ2v) is 12.3. The van der Waals surface area contributed by atoms with Crippen LogP contribution in [0.3, 0.4) is 0 Å². The van der Waals surface area contributed by atoms with E-state index in [2.05, 4.69) is 170 Å². The maximum atomic E-state index is 4.84. The molecule has 7 rings (SSSR count). The van der Waals surface area contributed by atoms with Crippen molar-refractivity contribution in [2.45, 2.75) is 40.5 Å². The average Bonchev–Trinajstić information content (AvgIpc) is 3.77. The number of aromatic nitrogens is 4. The van der Waals surface area contributed by atoms with Crippen molar-refractivity contribution in [1.29, 1.82) is 0 Å². The maximum Gasteiger partial charge on any atom is 2.00 e. The number of hydrogen-bond acceptors (Lipinski definition) is 3. The van der Waals surface area contributed by atoms with Gasteiger partial charge in [-0.05, 0) is 84.8 Å². The Morgan fingerprint density at radius 2 is 1.04 bits per heavy atom. The average molecular weight is 807 g/mol. The molecule has 0 fully saturated rings. The van der Waals surface area contributed by atoms with E-state index in [1.165, 1.54) is 27.9 Å². The van der Waals surface area contributed by atoms with Crippen LogP contribution in [0.25, 0.3) is 33.9 Å². The SMILES string of the molecule is Cc1cccc(C)c1-n1cnc(-c2[c-]c(N(c3[c-]c(-c4cn(-c5c(C)cccc5C(C)C)cn4)ccc3)c3ccccc3)ccc2)c1.[Pt+2]. The summed E-state index contributed by atoms with van der Waals surface area (Å²) >= 11 is 0. The van der Waals surface area contributed by atoms with Crippen molar-refractivity contribution in [1.82, 2.24) is 19.1 Å². The van der Waals surface area contributed by atoms with E-state index in [0.29, 0.717) is 5.92 Å². The third kappa shape index (κ3) is 6.43. The van der Waals surface area contributed by atoms with Gasteiger partial charge in [-0.1, -0.05) is 68.4 Å². The quantitative estimate of drug-likeness (QED) is 0.144. The molecule has 48 heavy (non-hydrogen) atoms. The zero-order chi connectivity index (χ0) is 32.5. The van der Waals surface area contributed by atoms with Gasteiger partial charge in [0.25, 0.3) is 0 Å². The van der Waals surface area contributed by atoms with Gasteiger partial charge in [0.05, 0.1) is 24.0 Å². The summed E-state index contributed by atoms with van der Waals surface area (Å²) in [5.74, 6) is 0.400. The van der Waals surface area contributed by atoms with Gasteiger partial charge in [-0.2, -0.15) is 0 Å². The molecule has 0 saturated heterocycles. The topological polar surface area (TPSA) is 38.9 Å². The smallest absolute Gasteiger partial charge is 0.346 e. The van der Waals surface area contributed by atoms with Gasteiger partial charge in [-0.25, -0.2) is 0 Å². The molecular formula is C42H37N5Pt. The van der Waals surface area contributed by atoms with Crippen LogP contribution in [0.4, 0.5) is 17.1 Å². The van der Waals surface area contributed by atoms with Crippen molar-refractivity contribution in [2.75, 3.05) is 4.90 Å². The molecule has 2 heterocycles. The number of nitrogens with zero attached hydrogens (tertiary/aromatic N) is 5. The van der Waals surface area contributed by atoms with E-state index in [0.717, 1.165) is 45.3 Å². The van der Waals surface area contributed by atoms with Gasteiger partial charge in [-0.3, -0.25) is 9.97 Å². The zero-order valence-corrected chi connectivity index (χ0v) is 30.0. The van der Waals surface area contributed by atoms with Crippen LogP contribution in [0.2, 0.25) is 0 Å². The van der Waals surface area contributed by atoms with Crippen LogP contribution in [-0.4, -0.2) is 19.1 Å². The van der Waals surface area contributed by atoms with E-state index in [-0.39, 0.29) is 21.1 Å². The Kier molecular flexibility index (Phi) is 9.61. The summed E-state index contributed by atoms with van der Waals surface area (Å²) in [6.07, 6.45) is 7.99. The second kappa shape index (κ2) is 14.0. The molecule has 5 nitrogen and oxygen atoms in total. The normalized spacial score (nSPS) is 11.0. The fourth-order valence-electron chi connectivity index (χ4n) is 6.34. The van der Waals surface area contributed by atoms with E-state index in [9.17, 15) is 0 Å². The van der Waals surface area contributed by atoms with E-state index >= 15 is 0 Å². The van der Waals surface area contributed by atoms with Gasteiger partial charge in [0.15, 0.2) is 0 Å². The molecule has 2 aromatic heterocycles. The molecule has 0 aliphatic heterocycles. The predicted octanol–water partition coefficient (Wildman–Crippen LogP) is 10.5. The first kappa shape index (κ1) is 32.9. The molecule has 0 aliphatic carbocycles. The molecule has 0 saturated carbocycles. The summed E-state index contributed by atoms with van der Waals surface area (Å²) in [6.45, 7) is 10.9. The summed E-state index contributed by atoms with van der Waals surface area (Å²) in [4.78, 5) is 11.8. The molecule has 240 valence electrons. The van der Waals surface area contributed by atoms with Gasteiger partial charge >= 0.3 is 21.1 Å². The van der Waals surface area contributed by atoms with E-state index in [1.807, 2.05) is 18.7 Å². The number of anilines is 3. The minimum atomic E-state index is 0. The fourth-order valence-corrected chi connectivity index (χ4v) is 6.34. The van der Waals surface area contributed by atoms with E-state index in [1.54, 1.807) is 0 Å². The number of para-hydroxylation sites is 3. The Hall–Kier alpha value is -4.99. The maximum absolute atomic E-state index is 4.84. The Balaban J connectivity index is 0.00000401. The molecule has 0 amide bonds. The Labute approximate surface area is 297 Å². The van der Waals surface area contributed by atoms with Gasteiger partial charge in [-0.15, -0.1) is 59.7 Å². The summed E-state index contributed by atoms with van der Waals surface area (Å²) < 4.78 is 4.25. The van der Waals surface area contributed by atoms with Crippen LogP contribution in [0.15, 0.2) is 128 Å². The van der Waals surface area contributed by atoms with E-state index < -0.39 is 0 Å². The molecule has 6 heteroatoms. The van der Waals surface area contributed by atoms with E-state index in [4.69, 9.17) is 9.97 Å². The molecule has 7 aromatic rings. The Morgan fingerprint density at radius 1 is 0.562 bits per heavy atom.